The van der Waals surface area contributed by atoms with Gasteiger partial charge in [-0.3, -0.25) is 4.79 Å². The van der Waals surface area contributed by atoms with E-state index < -0.39 is 0 Å². The van der Waals surface area contributed by atoms with Gasteiger partial charge < -0.3 is 4.57 Å². The Morgan fingerprint density at radius 2 is 2.08 bits per heavy atom. The number of thioether (sulfide) groups is 1. The smallest absolute Gasteiger partial charge is 0.248 e. The van der Waals surface area contributed by atoms with Crippen LogP contribution in [0.1, 0.15) is 12.8 Å². The highest BCUT2D eigenvalue weighted by Crippen LogP contribution is 2.20. The fraction of sp³-hybridized carbons (Fsp3) is 0.200. The molecule has 0 N–H and O–H groups in total. The Morgan fingerprint density at radius 1 is 1.27 bits per heavy atom. The van der Waals surface area contributed by atoms with Crippen molar-refractivity contribution in [3.63, 3.8) is 0 Å². The molecular weight excluding hydrogens is 367 g/mol. The number of halogens is 1. The lowest BCUT2D eigenvalue weighted by molar-refractivity contribution is -0.118. The van der Waals surface area contributed by atoms with Crippen LogP contribution in [-0.2, 0) is 11.3 Å². The molecule has 0 aliphatic carbocycles. The summed E-state index contributed by atoms with van der Waals surface area (Å²) in [5, 5.41) is 0. The van der Waals surface area contributed by atoms with Crippen LogP contribution in [0.2, 0.25) is 0 Å². The molecule has 0 aliphatic rings. The SMILES string of the molecule is C#CCn1c(=NC(=O)CCCSc2ccccc2)sc2cc(F)ccc21. The van der Waals surface area contributed by atoms with E-state index in [1.807, 2.05) is 18.2 Å². The van der Waals surface area contributed by atoms with E-state index >= 15 is 0 Å². The highest BCUT2D eigenvalue weighted by atomic mass is 32.2. The third-order valence-corrected chi connectivity index (χ3v) is 5.80. The Hall–Kier alpha value is -2.36. The normalized spacial score (nSPS) is 11.6. The number of amides is 1. The van der Waals surface area contributed by atoms with Crippen LogP contribution < -0.4 is 4.80 Å². The molecule has 0 saturated carbocycles. The molecule has 1 heterocycles. The molecule has 0 saturated heterocycles. The van der Waals surface area contributed by atoms with Gasteiger partial charge in [0.05, 0.1) is 16.8 Å². The van der Waals surface area contributed by atoms with Gasteiger partial charge in [0.1, 0.15) is 5.82 Å². The van der Waals surface area contributed by atoms with E-state index in [2.05, 4.69) is 23.0 Å². The van der Waals surface area contributed by atoms with Crippen molar-refractivity contribution in [1.29, 1.82) is 0 Å². The number of hydrogen-bond acceptors (Lipinski definition) is 3. The standard InChI is InChI=1S/C20H17FN2OS2/c1-2-12-23-17-11-10-15(21)14-18(17)26-20(23)22-19(24)9-6-13-25-16-7-4-3-5-8-16/h1,3-5,7-8,10-11,14H,6,9,12-13H2. The van der Waals surface area contributed by atoms with E-state index in [0.29, 0.717) is 17.8 Å². The van der Waals surface area contributed by atoms with Crippen LogP contribution in [0.5, 0.6) is 0 Å². The zero-order valence-electron chi connectivity index (χ0n) is 14.0. The van der Waals surface area contributed by atoms with Gasteiger partial charge in [-0.05, 0) is 42.5 Å². The predicted octanol–water partition coefficient (Wildman–Crippen LogP) is 4.47. The molecule has 0 aliphatic heterocycles. The fourth-order valence-corrected chi connectivity index (χ4v) is 4.41. The molecule has 3 aromatic rings. The Bertz CT molecular complexity index is 1020. The van der Waals surface area contributed by atoms with Gasteiger partial charge >= 0.3 is 0 Å². The summed E-state index contributed by atoms with van der Waals surface area (Å²) in [6.07, 6.45) is 6.54. The number of carbonyl (C=O) groups excluding carboxylic acids is 1. The van der Waals surface area contributed by atoms with E-state index in [1.54, 1.807) is 22.4 Å². The lowest BCUT2D eigenvalue weighted by Gasteiger charge is -2.00. The van der Waals surface area contributed by atoms with Crippen LogP contribution in [0.4, 0.5) is 4.39 Å². The molecule has 0 spiro atoms. The van der Waals surface area contributed by atoms with Crippen LogP contribution in [0, 0.1) is 18.2 Å². The van der Waals surface area contributed by atoms with Gasteiger partial charge in [-0.25, -0.2) is 4.39 Å². The van der Waals surface area contributed by atoms with Crippen LogP contribution in [0.25, 0.3) is 10.2 Å². The largest absolute Gasteiger partial charge is 0.305 e. The van der Waals surface area contributed by atoms with Gasteiger partial charge in [-0.2, -0.15) is 4.99 Å². The number of terminal acetylenes is 1. The summed E-state index contributed by atoms with van der Waals surface area (Å²) in [6, 6.07) is 14.6. The molecule has 0 unspecified atom stereocenters. The highest BCUT2D eigenvalue weighted by Gasteiger charge is 2.08. The second kappa shape index (κ2) is 8.84. The maximum atomic E-state index is 13.4. The van der Waals surface area contributed by atoms with Gasteiger partial charge in [0.2, 0.25) is 5.91 Å². The maximum Gasteiger partial charge on any atom is 0.248 e. The maximum absolute atomic E-state index is 13.4. The Kier molecular flexibility index (Phi) is 6.26. The summed E-state index contributed by atoms with van der Waals surface area (Å²) in [4.78, 5) is 18.1. The number of carbonyl (C=O) groups is 1. The van der Waals surface area contributed by atoms with Crippen molar-refractivity contribution in [2.75, 3.05) is 5.75 Å². The number of thiazole rings is 1. The topological polar surface area (TPSA) is 34.4 Å². The molecule has 0 radical (unpaired) electrons. The molecule has 0 fully saturated rings. The summed E-state index contributed by atoms with van der Waals surface area (Å²) in [5.41, 5.74) is 0.792. The second-order valence-electron chi connectivity index (χ2n) is 5.56. The van der Waals surface area contributed by atoms with Crippen molar-refractivity contribution in [1.82, 2.24) is 4.57 Å². The number of rotatable bonds is 6. The summed E-state index contributed by atoms with van der Waals surface area (Å²) < 4.78 is 15.9. The van der Waals surface area contributed by atoms with E-state index in [1.165, 1.54) is 28.4 Å². The van der Waals surface area contributed by atoms with Crippen LogP contribution in [-0.4, -0.2) is 16.2 Å². The van der Waals surface area contributed by atoms with Crippen LogP contribution in [0.3, 0.4) is 0 Å². The molecule has 0 atom stereocenters. The van der Waals surface area contributed by atoms with Crippen molar-refractivity contribution < 1.29 is 9.18 Å². The highest BCUT2D eigenvalue weighted by molar-refractivity contribution is 7.99. The minimum Gasteiger partial charge on any atom is -0.305 e. The van der Waals surface area contributed by atoms with Crippen LogP contribution >= 0.6 is 23.1 Å². The van der Waals surface area contributed by atoms with Crippen molar-refractivity contribution in [2.24, 2.45) is 4.99 Å². The van der Waals surface area contributed by atoms with Gasteiger partial charge in [-0.15, -0.1) is 18.2 Å². The number of aromatic nitrogens is 1. The number of hydrogen-bond donors (Lipinski definition) is 0. The quantitative estimate of drug-likeness (QED) is 0.357. The third-order valence-electron chi connectivity index (χ3n) is 3.66. The molecular formula is C20H17FN2OS2. The lowest BCUT2D eigenvalue weighted by Crippen LogP contribution is -2.16. The summed E-state index contributed by atoms with van der Waals surface area (Å²) in [5.74, 6) is 2.92. The minimum absolute atomic E-state index is 0.184. The van der Waals surface area contributed by atoms with Crippen molar-refractivity contribution in [3.8, 4) is 12.3 Å². The van der Waals surface area contributed by atoms with E-state index in [-0.39, 0.29) is 11.7 Å². The van der Waals surface area contributed by atoms with Crippen LogP contribution in [0.15, 0.2) is 58.4 Å². The van der Waals surface area contributed by atoms with E-state index in [9.17, 15) is 9.18 Å². The predicted molar refractivity (Wildman–Crippen MR) is 106 cm³/mol. The molecule has 1 aromatic heterocycles. The molecule has 3 rings (SSSR count). The minimum atomic E-state index is -0.317. The summed E-state index contributed by atoms with van der Waals surface area (Å²) >= 11 is 3.00. The average molecular weight is 385 g/mol. The van der Waals surface area contributed by atoms with E-state index in [0.717, 1.165) is 22.4 Å². The Morgan fingerprint density at radius 3 is 2.85 bits per heavy atom. The second-order valence-corrected chi connectivity index (χ2v) is 7.73. The van der Waals surface area contributed by atoms with Gasteiger partial charge in [0, 0.05) is 11.3 Å². The van der Waals surface area contributed by atoms with Crippen molar-refractivity contribution in [3.05, 3.63) is 59.1 Å². The van der Waals surface area contributed by atoms with Gasteiger partial charge in [-0.1, -0.05) is 35.5 Å². The average Bonchev–Trinajstić information content (AvgIpc) is 2.96. The number of benzene rings is 2. The molecule has 132 valence electrons. The first-order valence-corrected chi connectivity index (χ1v) is 9.95. The van der Waals surface area contributed by atoms with Crippen molar-refractivity contribution in [2.45, 2.75) is 24.3 Å². The first-order chi connectivity index (χ1) is 12.7. The summed E-state index contributed by atoms with van der Waals surface area (Å²) in [6.45, 7) is 0.293. The van der Waals surface area contributed by atoms with E-state index in [4.69, 9.17) is 6.42 Å². The Balaban J connectivity index is 1.69. The molecule has 1 amide bonds. The molecule has 6 heteroatoms. The number of nitrogens with zero attached hydrogens (tertiary/aromatic N) is 2. The zero-order chi connectivity index (χ0) is 18.4. The van der Waals surface area contributed by atoms with Gasteiger partial charge in [0.25, 0.3) is 0 Å². The molecule has 2 aromatic carbocycles. The third kappa shape index (κ3) is 4.63. The molecule has 26 heavy (non-hydrogen) atoms. The molecule has 0 bridgehead atoms. The first-order valence-electron chi connectivity index (χ1n) is 8.15. The zero-order valence-corrected chi connectivity index (χ0v) is 15.7. The van der Waals surface area contributed by atoms with Crippen molar-refractivity contribution >= 4 is 39.2 Å². The first kappa shape index (κ1) is 18.4. The Labute approximate surface area is 159 Å². The fourth-order valence-electron chi connectivity index (χ4n) is 2.47. The summed E-state index contributed by atoms with van der Waals surface area (Å²) in [7, 11) is 0. The lowest BCUT2D eigenvalue weighted by atomic mass is 10.3. The van der Waals surface area contributed by atoms with Gasteiger partial charge in [0.15, 0.2) is 4.80 Å². The molecule has 3 nitrogen and oxygen atoms in total. The monoisotopic (exact) mass is 384 g/mol. The number of fused-ring (bicyclic) bond motifs is 1.